The second-order valence-corrected chi connectivity index (χ2v) is 5.11. The third-order valence-corrected chi connectivity index (χ3v) is 3.92. The molecule has 82 valence electrons. The molecule has 3 heteroatoms. The van der Waals surface area contributed by atoms with Gasteiger partial charge < -0.3 is 4.74 Å². The van der Waals surface area contributed by atoms with Gasteiger partial charge in [-0.25, -0.2) is 4.39 Å². The Morgan fingerprint density at radius 2 is 2.27 bits per heavy atom. The van der Waals surface area contributed by atoms with Gasteiger partial charge >= 0.3 is 0 Å². The molecular formula is C12H14BrFO. The molecule has 0 radical (unpaired) electrons. The molecule has 0 aromatic heterocycles. The monoisotopic (exact) mass is 272 g/mol. The van der Waals surface area contributed by atoms with Gasteiger partial charge in [0, 0.05) is 11.4 Å². The molecule has 2 unspecified atom stereocenters. The Hall–Kier alpha value is -0.410. The van der Waals surface area contributed by atoms with Crippen LogP contribution in [0.15, 0.2) is 24.3 Å². The number of alkyl halides is 1. The van der Waals surface area contributed by atoms with E-state index in [0.29, 0.717) is 10.7 Å². The van der Waals surface area contributed by atoms with Crippen molar-refractivity contribution in [2.24, 2.45) is 5.92 Å². The van der Waals surface area contributed by atoms with Gasteiger partial charge in [-0.1, -0.05) is 34.1 Å². The summed E-state index contributed by atoms with van der Waals surface area (Å²) in [4.78, 5) is 0.317. The summed E-state index contributed by atoms with van der Waals surface area (Å²) in [6, 6.07) is 6.96. The molecule has 1 aromatic carbocycles. The lowest BCUT2D eigenvalue weighted by molar-refractivity contribution is 0.185. The second kappa shape index (κ2) is 5.08. The minimum atomic E-state index is -0.110. The molecule has 1 heterocycles. The molecular weight excluding hydrogens is 259 g/mol. The van der Waals surface area contributed by atoms with E-state index in [4.69, 9.17) is 4.74 Å². The third kappa shape index (κ3) is 2.79. The van der Waals surface area contributed by atoms with Crippen molar-refractivity contribution in [1.29, 1.82) is 0 Å². The van der Waals surface area contributed by atoms with Gasteiger partial charge in [0.1, 0.15) is 5.82 Å². The van der Waals surface area contributed by atoms with Crippen molar-refractivity contribution in [1.82, 2.24) is 0 Å². The Kier molecular flexibility index (Phi) is 3.76. The average Bonchev–Trinajstić information content (AvgIpc) is 2.74. The standard InChI is InChI=1S/C12H14BrFO/c13-11(10-5-6-15-8-10)7-9-3-1-2-4-12(9)14/h1-4,10-11H,5-8H2. The van der Waals surface area contributed by atoms with Crippen molar-refractivity contribution in [3.05, 3.63) is 35.6 Å². The second-order valence-electron chi connectivity index (χ2n) is 3.94. The number of hydrogen-bond donors (Lipinski definition) is 0. The van der Waals surface area contributed by atoms with E-state index >= 15 is 0 Å². The Balaban J connectivity index is 1.99. The molecule has 1 saturated heterocycles. The predicted molar refractivity (Wildman–Crippen MR) is 61.7 cm³/mol. The molecule has 0 aliphatic carbocycles. The van der Waals surface area contributed by atoms with Crippen LogP contribution in [-0.4, -0.2) is 18.0 Å². The molecule has 2 rings (SSSR count). The summed E-state index contributed by atoms with van der Waals surface area (Å²) in [7, 11) is 0. The normalized spacial score (nSPS) is 22.9. The maximum Gasteiger partial charge on any atom is 0.126 e. The lowest BCUT2D eigenvalue weighted by atomic mass is 9.98. The van der Waals surface area contributed by atoms with Crippen molar-refractivity contribution in [2.75, 3.05) is 13.2 Å². The summed E-state index contributed by atoms with van der Waals surface area (Å²) in [6.07, 6.45) is 1.81. The van der Waals surface area contributed by atoms with E-state index in [-0.39, 0.29) is 5.82 Å². The highest BCUT2D eigenvalue weighted by Gasteiger charge is 2.24. The van der Waals surface area contributed by atoms with E-state index in [0.717, 1.165) is 31.6 Å². The number of hydrogen-bond acceptors (Lipinski definition) is 1. The van der Waals surface area contributed by atoms with Crippen LogP contribution < -0.4 is 0 Å². The lowest BCUT2D eigenvalue weighted by Gasteiger charge is -2.15. The first-order chi connectivity index (χ1) is 7.27. The van der Waals surface area contributed by atoms with Crippen LogP contribution in [0.3, 0.4) is 0 Å². The summed E-state index contributed by atoms with van der Waals surface area (Å²) < 4.78 is 18.7. The third-order valence-electron chi connectivity index (χ3n) is 2.85. The van der Waals surface area contributed by atoms with Gasteiger partial charge in [0.2, 0.25) is 0 Å². The molecule has 0 N–H and O–H groups in total. The summed E-state index contributed by atoms with van der Waals surface area (Å²) in [5.41, 5.74) is 0.784. The highest BCUT2D eigenvalue weighted by molar-refractivity contribution is 9.09. The number of halogens is 2. The zero-order chi connectivity index (χ0) is 10.7. The van der Waals surface area contributed by atoms with Crippen LogP contribution in [0.25, 0.3) is 0 Å². The van der Waals surface area contributed by atoms with Crippen molar-refractivity contribution >= 4 is 15.9 Å². The van der Waals surface area contributed by atoms with E-state index in [1.54, 1.807) is 6.07 Å². The summed E-state index contributed by atoms with van der Waals surface area (Å²) in [6.45, 7) is 1.63. The number of ether oxygens (including phenoxy) is 1. The Bertz CT molecular complexity index is 323. The molecule has 0 bridgehead atoms. The van der Waals surface area contributed by atoms with E-state index in [1.807, 2.05) is 12.1 Å². The molecule has 15 heavy (non-hydrogen) atoms. The molecule has 1 fully saturated rings. The largest absolute Gasteiger partial charge is 0.381 e. The predicted octanol–water partition coefficient (Wildman–Crippen LogP) is 3.17. The molecule has 0 amide bonds. The minimum Gasteiger partial charge on any atom is -0.381 e. The number of benzene rings is 1. The van der Waals surface area contributed by atoms with Gasteiger partial charge in [0.25, 0.3) is 0 Å². The summed E-state index contributed by atoms with van der Waals surface area (Å²) >= 11 is 3.63. The van der Waals surface area contributed by atoms with E-state index < -0.39 is 0 Å². The zero-order valence-corrected chi connectivity index (χ0v) is 10.0. The zero-order valence-electron chi connectivity index (χ0n) is 8.46. The fourth-order valence-electron chi connectivity index (χ4n) is 1.88. The first kappa shape index (κ1) is 11.1. The average molecular weight is 273 g/mol. The quantitative estimate of drug-likeness (QED) is 0.769. The highest BCUT2D eigenvalue weighted by Crippen LogP contribution is 2.26. The van der Waals surface area contributed by atoms with Crippen LogP contribution in [0.2, 0.25) is 0 Å². The van der Waals surface area contributed by atoms with E-state index in [9.17, 15) is 4.39 Å². The van der Waals surface area contributed by atoms with Crippen molar-refractivity contribution < 1.29 is 9.13 Å². The van der Waals surface area contributed by atoms with Gasteiger partial charge in [-0.3, -0.25) is 0 Å². The first-order valence-corrected chi connectivity index (χ1v) is 6.14. The van der Waals surface area contributed by atoms with E-state index in [2.05, 4.69) is 15.9 Å². The van der Waals surface area contributed by atoms with Gasteiger partial charge in [0.05, 0.1) is 6.61 Å². The Labute approximate surface area is 97.8 Å². The minimum absolute atomic E-state index is 0.110. The van der Waals surface area contributed by atoms with Crippen LogP contribution in [0.4, 0.5) is 4.39 Å². The van der Waals surface area contributed by atoms with Gasteiger partial charge in [0.15, 0.2) is 0 Å². The maximum atomic E-state index is 13.4. The lowest BCUT2D eigenvalue weighted by Crippen LogP contribution is -2.17. The van der Waals surface area contributed by atoms with Crippen LogP contribution in [0, 0.1) is 11.7 Å². The van der Waals surface area contributed by atoms with Crippen molar-refractivity contribution in [2.45, 2.75) is 17.7 Å². The molecule has 1 aromatic rings. The summed E-state index contributed by atoms with van der Waals surface area (Å²) in [5, 5.41) is 0. The van der Waals surface area contributed by atoms with Gasteiger partial charge in [-0.05, 0) is 30.4 Å². The number of rotatable bonds is 3. The smallest absolute Gasteiger partial charge is 0.126 e. The molecule has 0 saturated carbocycles. The molecule has 0 spiro atoms. The molecule has 1 aliphatic rings. The van der Waals surface area contributed by atoms with Gasteiger partial charge in [-0.15, -0.1) is 0 Å². The summed E-state index contributed by atoms with van der Waals surface area (Å²) in [5.74, 6) is 0.408. The Morgan fingerprint density at radius 1 is 1.47 bits per heavy atom. The van der Waals surface area contributed by atoms with Crippen molar-refractivity contribution in [3.8, 4) is 0 Å². The molecule has 1 aliphatic heterocycles. The Morgan fingerprint density at radius 3 is 2.93 bits per heavy atom. The van der Waals surface area contributed by atoms with Crippen LogP contribution in [-0.2, 0) is 11.2 Å². The topological polar surface area (TPSA) is 9.23 Å². The fourth-order valence-corrected chi connectivity index (χ4v) is 2.64. The molecule has 1 nitrogen and oxygen atoms in total. The first-order valence-electron chi connectivity index (χ1n) is 5.22. The van der Waals surface area contributed by atoms with Crippen LogP contribution in [0.1, 0.15) is 12.0 Å². The van der Waals surface area contributed by atoms with Crippen LogP contribution >= 0.6 is 15.9 Å². The van der Waals surface area contributed by atoms with Gasteiger partial charge in [-0.2, -0.15) is 0 Å². The SMILES string of the molecule is Fc1ccccc1CC(Br)C1CCOC1. The fraction of sp³-hybridized carbons (Fsp3) is 0.500. The van der Waals surface area contributed by atoms with Crippen LogP contribution in [0.5, 0.6) is 0 Å². The highest BCUT2D eigenvalue weighted by atomic mass is 79.9. The van der Waals surface area contributed by atoms with Crippen molar-refractivity contribution in [3.63, 3.8) is 0 Å². The van der Waals surface area contributed by atoms with E-state index in [1.165, 1.54) is 6.07 Å². The molecule has 2 atom stereocenters. The maximum absolute atomic E-state index is 13.4.